The fourth-order valence-electron chi connectivity index (χ4n) is 0.413. The van der Waals surface area contributed by atoms with Crippen molar-refractivity contribution in [2.45, 2.75) is 6.92 Å². The van der Waals surface area contributed by atoms with Crippen LogP contribution in [0, 0.1) is 0 Å². The maximum absolute atomic E-state index is 10.7. The Balaban J connectivity index is 3.95. The molecule has 0 rings (SSSR count). The number of hydrogen-bond donors (Lipinski definition) is 0. The second-order valence-electron chi connectivity index (χ2n) is 2.23. The summed E-state index contributed by atoms with van der Waals surface area (Å²) >= 11 is 0. The van der Waals surface area contributed by atoms with Crippen molar-refractivity contribution >= 4 is 18.2 Å². The third-order valence-corrected chi connectivity index (χ3v) is 0.856. The predicted molar refractivity (Wildman–Crippen MR) is 43.8 cm³/mol. The molecule has 0 N–H and O–H groups in total. The van der Waals surface area contributed by atoms with Gasteiger partial charge >= 0.3 is 11.9 Å². The van der Waals surface area contributed by atoms with E-state index < -0.39 is 11.9 Å². The number of ether oxygens (including phenoxy) is 1. The van der Waals surface area contributed by atoms with Crippen LogP contribution in [0.4, 0.5) is 0 Å². The third kappa shape index (κ3) is 4.43. The molecular formula is C7H12N2O3. The highest BCUT2D eigenvalue weighted by Gasteiger charge is 2.11. The van der Waals surface area contributed by atoms with Crippen LogP contribution in [0.25, 0.3) is 0 Å². The Morgan fingerprint density at radius 2 is 2.08 bits per heavy atom. The quantitative estimate of drug-likeness (QED) is 0.247. The van der Waals surface area contributed by atoms with Gasteiger partial charge in [-0.3, -0.25) is 4.79 Å². The molecular weight excluding hydrogens is 160 g/mol. The summed E-state index contributed by atoms with van der Waals surface area (Å²) in [5.41, 5.74) is 0. The minimum absolute atomic E-state index is 0.183. The van der Waals surface area contributed by atoms with Crippen molar-refractivity contribution in [2.24, 2.45) is 4.99 Å². The lowest BCUT2D eigenvalue weighted by atomic mass is 10.6. The molecule has 5 heteroatoms. The zero-order chi connectivity index (χ0) is 9.56. The van der Waals surface area contributed by atoms with Gasteiger partial charge in [0, 0.05) is 14.1 Å². The van der Waals surface area contributed by atoms with Crippen molar-refractivity contribution in [3.05, 3.63) is 0 Å². The van der Waals surface area contributed by atoms with E-state index in [1.807, 2.05) is 0 Å². The zero-order valence-corrected chi connectivity index (χ0v) is 7.40. The summed E-state index contributed by atoms with van der Waals surface area (Å²) in [4.78, 5) is 26.3. The normalized spacial score (nSPS) is 9.92. The zero-order valence-electron chi connectivity index (χ0n) is 7.40. The molecule has 0 bridgehead atoms. The Labute approximate surface area is 71.0 Å². The molecule has 68 valence electrons. The summed E-state index contributed by atoms with van der Waals surface area (Å²) in [5, 5.41) is 0. The van der Waals surface area contributed by atoms with E-state index in [0.717, 1.165) is 0 Å². The van der Waals surface area contributed by atoms with Gasteiger partial charge in [0.05, 0.1) is 12.9 Å². The smallest absolute Gasteiger partial charge is 0.399 e. The van der Waals surface area contributed by atoms with Crippen LogP contribution in [0.1, 0.15) is 6.92 Å². The summed E-state index contributed by atoms with van der Waals surface area (Å²) in [6.45, 7) is 1.81. The van der Waals surface area contributed by atoms with E-state index in [0.29, 0.717) is 0 Å². The third-order valence-electron chi connectivity index (χ3n) is 0.856. The fourth-order valence-corrected chi connectivity index (χ4v) is 0.413. The summed E-state index contributed by atoms with van der Waals surface area (Å²) in [6.07, 6.45) is 1.25. The largest absolute Gasteiger partial charge is 0.459 e. The standard InChI is InChI=1S/C7H12N2O3/c1-4-12-7(11)6(10)8-5-9(2)3/h5H,4H2,1-3H3/b8-5+. The first-order valence-corrected chi connectivity index (χ1v) is 3.49. The van der Waals surface area contributed by atoms with Crippen molar-refractivity contribution in [1.29, 1.82) is 0 Å². The lowest BCUT2D eigenvalue weighted by Gasteiger charge is -2.01. The minimum Gasteiger partial charge on any atom is -0.459 e. The highest BCUT2D eigenvalue weighted by Crippen LogP contribution is 1.82. The first-order chi connectivity index (χ1) is 5.57. The Bertz CT molecular complexity index is 199. The van der Waals surface area contributed by atoms with Crippen molar-refractivity contribution in [2.75, 3.05) is 20.7 Å². The monoisotopic (exact) mass is 172 g/mol. The topological polar surface area (TPSA) is 59.0 Å². The Kier molecular flexibility index (Phi) is 4.67. The molecule has 0 aromatic rings. The Hall–Kier alpha value is -1.39. The average molecular weight is 172 g/mol. The van der Waals surface area contributed by atoms with E-state index in [2.05, 4.69) is 9.73 Å². The number of esters is 1. The molecule has 0 heterocycles. The number of carbonyl (C=O) groups is 2. The summed E-state index contributed by atoms with van der Waals surface area (Å²) < 4.78 is 4.42. The molecule has 1 amide bonds. The Morgan fingerprint density at radius 1 is 1.50 bits per heavy atom. The lowest BCUT2D eigenvalue weighted by molar-refractivity contribution is -0.152. The van der Waals surface area contributed by atoms with Crippen molar-refractivity contribution < 1.29 is 14.3 Å². The molecule has 0 aromatic heterocycles. The van der Waals surface area contributed by atoms with Crippen molar-refractivity contribution in [3.63, 3.8) is 0 Å². The molecule has 0 radical (unpaired) electrons. The molecule has 5 nitrogen and oxygen atoms in total. The first-order valence-electron chi connectivity index (χ1n) is 3.49. The molecule has 0 aliphatic rings. The van der Waals surface area contributed by atoms with Gasteiger partial charge in [-0.05, 0) is 6.92 Å². The van der Waals surface area contributed by atoms with E-state index in [4.69, 9.17) is 0 Å². The SMILES string of the molecule is CCOC(=O)C(=O)/N=C/N(C)C. The highest BCUT2D eigenvalue weighted by molar-refractivity contribution is 6.34. The molecule has 12 heavy (non-hydrogen) atoms. The van der Waals surface area contributed by atoms with Gasteiger partial charge in [0.2, 0.25) is 0 Å². The van der Waals surface area contributed by atoms with Crippen LogP contribution in [0.15, 0.2) is 4.99 Å². The highest BCUT2D eigenvalue weighted by atomic mass is 16.5. The van der Waals surface area contributed by atoms with E-state index in [-0.39, 0.29) is 6.61 Å². The lowest BCUT2D eigenvalue weighted by Crippen LogP contribution is -2.17. The van der Waals surface area contributed by atoms with Gasteiger partial charge in [-0.2, -0.15) is 4.99 Å². The van der Waals surface area contributed by atoms with Crippen molar-refractivity contribution in [1.82, 2.24) is 4.90 Å². The van der Waals surface area contributed by atoms with Gasteiger partial charge in [0.25, 0.3) is 0 Å². The van der Waals surface area contributed by atoms with Crippen LogP contribution in [-0.4, -0.2) is 43.8 Å². The summed E-state index contributed by atoms with van der Waals surface area (Å²) in [6, 6.07) is 0. The van der Waals surface area contributed by atoms with Gasteiger partial charge in [-0.25, -0.2) is 4.79 Å². The van der Waals surface area contributed by atoms with Gasteiger partial charge < -0.3 is 9.64 Å². The molecule has 0 aromatic carbocycles. The molecule has 0 fully saturated rings. The first kappa shape index (κ1) is 10.6. The van der Waals surface area contributed by atoms with Gasteiger partial charge in [-0.1, -0.05) is 0 Å². The van der Waals surface area contributed by atoms with E-state index in [9.17, 15) is 9.59 Å². The predicted octanol–water partition coefficient (Wildman–Crippen LogP) is -0.334. The summed E-state index contributed by atoms with van der Waals surface area (Å²) in [5.74, 6) is -1.80. The molecule has 0 saturated carbocycles. The van der Waals surface area contributed by atoms with E-state index in [1.165, 1.54) is 6.34 Å². The number of rotatable bonds is 2. The fraction of sp³-hybridized carbons (Fsp3) is 0.571. The average Bonchev–Trinajstić information content (AvgIpc) is 2.00. The molecule has 0 spiro atoms. The number of aliphatic imine (C=N–C) groups is 1. The molecule has 0 aliphatic heterocycles. The molecule has 0 saturated heterocycles. The molecule has 0 unspecified atom stereocenters. The number of hydrogen-bond acceptors (Lipinski definition) is 3. The van der Waals surface area contributed by atoms with Gasteiger partial charge in [0.1, 0.15) is 0 Å². The second-order valence-corrected chi connectivity index (χ2v) is 2.23. The van der Waals surface area contributed by atoms with Crippen LogP contribution < -0.4 is 0 Å². The Morgan fingerprint density at radius 3 is 2.50 bits per heavy atom. The van der Waals surface area contributed by atoms with Gasteiger partial charge in [0.15, 0.2) is 0 Å². The van der Waals surface area contributed by atoms with Crippen LogP contribution in [0.3, 0.4) is 0 Å². The summed E-state index contributed by atoms with van der Waals surface area (Å²) in [7, 11) is 3.39. The number of carbonyl (C=O) groups excluding carboxylic acids is 2. The van der Waals surface area contributed by atoms with E-state index in [1.54, 1.807) is 25.9 Å². The number of amides is 1. The van der Waals surface area contributed by atoms with Gasteiger partial charge in [-0.15, -0.1) is 0 Å². The van der Waals surface area contributed by atoms with Crippen LogP contribution in [-0.2, 0) is 14.3 Å². The maximum Gasteiger partial charge on any atom is 0.399 e. The molecule has 0 aliphatic carbocycles. The minimum atomic E-state index is -0.921. The van der Waals surface area contributed by atoms with Crippen molar-refractivity contribution in [3.8, 4) is 0 Å². The second kappa shape index (κ2) is 5.29. The van der Waals surface area contributed by atoms with Crippen LogP contribution >= 0.6 is 0 Å². The number of nitrogens with zero attached hydrogens (tertiary/aromatic N) is 2. The van der Waals surface area contributed by atoms with Crippen LogP contribution in [0.2, 0.25) is 0 Å². The van der Waals surface area contributed by atoms with E-state index >= 15 is 0 Å². The van der Waals surface area contributed by atoms with Crippen LogP contribution in [0.5, 0.6) is 0 Å². The molecule has 0 atom stereocenters. The maximum atomic E-state index is 10.7.